The molecule has 0 aliphatic rings. The fourth-order valence-corrected chi connectivity index (χ4v) is 7.76. The monoisotopic (exact) mass is 512 g/mol. The van der Waals surface area contributed by atoms with Gasteiger partial charge in [-0.3, -0.25) is 0 Å². The maximum Gasteiger partial charge on any atom is 0.138 e. The summed E-state index contributed by atoms with van der Waals surface area (Å²) in [7, 11) is -0.317. The molecular formula is C26H23BrClO2P. The Morgan fingerprint density at radius 3 is 1.81 bits per heavy atom. The number of hydrogen-bond acceptors (Lipinski definition) is 2. The summed E-state index contributed by atoms with van der Waals surface area (Å²) in [6.07, 6.45) is 0. The Morgan fingerprint density at radius 2 is 1.26 bits per heavy atom. The Labute approximate surface area is 198 Å². The summed E-state index contributed by atoms with van der Waals surface area (Å²) in [4.78, 5) is 0. The number of phenols is 1. The molecule has 4 aromatic carbocycles. The number of halogens is 2. The van der Waals surface area contributed by atoms with Crippen molar-refractivity contribution in [3.63, 3.8) is 0 Å². The number of phenolic OH excluding ortho intramolecular Hbond substituents is 1. The van der Waals surface area contributed by atoms with Crippen LogP contribution in [0.25, 0.3) is 11.1 Å². The number of methoxy groups -OCH3 is 1. The van der Waals surface area contributed by atoms with E-state index in [4.69, 9.17) is 4.74 Å². The van der Waals surface area contributed by atoms with E-state index in [0.29, 0.717) is 10.2 Å². The van der Waals surface area contributed by atoms with Gasteiger partial charge in [0.2, 0.25) is 0 Å². The van der Waals surface area contributed by atoms with Gasteiger partial charge in [-0.25, -0.2) is 0 Å². The standard InChI is InChI=1S/C26H22BrO2P.ClH/c1-29-19-17-23(26(28)24(27)18-19)22-15-9-10-16-25(22)30(2,20-11-5-3-6-12-20)21-13-7-4-8-14-21;/h3-18H,1-2H3;1H. The van der Waals surface area contributed by atoms with Crippen LogP contribution >= 0.6 is 23.2 Å². The van der Waals surface area contributed by atoms with Crippen molar-refractivity contribution in [2.75, 3.05) is 13.8 Å². The molecular weight excluding hydrogens is 491 g/mol. The Kier molecular flexibility index (Phi) is 7.43. The van der Waals surface area contributed by atoms with Gasteiger partial charge in [0.15, 0.2) is 0 Å². The Morgan fingerprint density at radius 1 is 0.742 bits per heavy atom. The number of rotatable bonds is 5. The van der Waals surface area contributed by atoms with E-state index in [1.165, 1.54) is 15.9 Å². The van der Waals surface area contributed by atoms with Crippen LogP contribution in [-0.2, 0) is 0 Å². The van der Waals surface area contributed by atoms with Gasteiger partial charge in [0.1, 0.15) is 34.7 Å². The summed E-state index contributed by atoms with van der Waals surface area (Å²) in [5.41, 5.74) is 1.77. The van der Waals surface area contributed by atoms with E-state index < -0.39 is 7.26 Å². The predicted molar refractivity (Wildman–Crippen MR) is 132 cm³/mol. The third-order valence-corrected chi connectivity index (χ3v) is 10.1. The maximum atomic E-state index is 10.9. The first-order valence-electron chi connectivity index (χ1n) is 9.70. The lowest BCUT2D eigenvalue weighted by Gasteiger charge is -2.25. The first-order chi connectivity index (χ1) is 14.6. The molecule has 0 aromatic heterocycles. The van der Waals surface area contributed by atoms with E-state index in [2.05, 4.69) is 101 Å². The van der Waals surface area contributed by atoms with Crippen molar-refractivity contribution in [1.29, 1.82) is 0 Å². The second-order valence-corrected chi connectivity index (χ2v) is 11.6. The van der Waals surface area contributed by atoms with Crippen LogP contribution in [-0.4, -0.2) is 18.9 Å². The Bertz CT molecular complexity index is 1130. The molecule has 0 atom stereocenters. The van der Waals surface area contributed by atoms with Gasteiger partial charge in [-0.15, -0.1) is 0 Å². The second-order valence-electron chi connectivity index (χ2n) is 7.20. The van der Waals surface area contributed by atoms with Gasteiger partial charge >= 0.3 is 0 Å². The van der Waals surface area contributed by atoms with Crippen LogP contribution in [0.2, 0.25) is 0 Å². The quantitative estimate of drug-likeness (QED) is 0.416. The zero-order valence-corrected chi connectivity index (χ0v) is 20.5. The maximum absolute atomic E-state index is 10.9. The van der Waals surface area contributed by atoms with Crippen molar-refractivity contribution in [1.82, 2.24) is 0 Å². The number of ether oxygens (including phenoxy) is 1. The molecule has 0 amide bonds. The lowest BCUT2D eigenvalue weighted by molar-refractivity contribution is -0.00000701. The summed E-state index contributed by atoms with van der Waals surface area (Å²) in [5, 5.41) is 14.7. The van der Waals surface area contributed by atoms with E-state index in [0.717, 1.165) is 11.1 Å². The minimum absolute atomic E-state index is 0. The fraction of sp³-hybridized carbons (Fsp3) is 0.0769. The first kappa shape index (κ1) is 23.3. The van der Waals surface area contributed by atoms with Gasteiger partial charge < -0.3 is 22.3 Å². The van der Waals surface area contributed by atoms with E-state index in [1.807, 2.05) is 12.1 Å². The van der Waals surface area contributed by atoms with Crippen molar-refractivity contribution in [2.24, 2.45) is 0 Å². The van der Waals surface area contributed by atoms with Crippen LogP contribution < -0.4 is 33.1 Å². The minimum Gasteiger partial charge on any atom is -1.00 e. The molecule has 4 rings (SSSR count). The van der Waals surface area contributed by atoms with Crippen molar-refractivity contribution >= 4 is 39.1 Å². The molecule has 31 heavy (non-hydrogen) atoms. The molecule has 0 unspecified atom stereocenters. The van der Waals surface area contributed by atoms with Crippen molar-refractivity contribution in [2.45, 2.75) is 0 Å². The lowest BCUT2D eigenvalue weighted by Crippen LogP contribution is -3.00. The summed E-state index contributed by atoms with van der Waals surface area (Å²) in [6, 6.07) is 33.4. The average Bonchev–Trinajstić information content (AvgIpc) is 2.81. The van der Waals surface area contributed by atoms with E-state index in [9.17, 15) is 5.11 Å². The van der Waals surface area contributed by atoms with Gasteiger partial charge in [-0.1, -0.05) is 54.6 Å². The van der Waals surface area contributed by atoms with Gasteiger partial charge in [-0.05, 0) is 58.4 Å². The van der Waals surface area contributed by atoms with Crippen LogP contribution in [0.1, 0.15) is 0 Å². The molecule has 0 saturated carbocycles. The molecule has 158 valence electrons. The molecule has 0 fully saturated rings. The van der Waals surface area contributed by atoms with Crippen LogP contribution in [0.3, 0.4) is 0 Å². The third-order valence-electron chi connectivity index (χ3n) is 5.49. The molecule has 0 bridgehead atoms. The highest BCUT2D eigenvalue weighted by Gasteiger charge is 2.42. The number of aromatic hydroxyl groups is 1. The van der Waals surface area contributed by atoms with Crippen molar-refractivity contribution < 1.29 is 22.3 Å². The van der Waals surface area contributed by atoms with Gasteiger partial charge in [0.05, 0.1) is 18.2 Å². The Hall–Kier alpha value is -2.32. The molecule has 0 saturated heterocycles. The van der Waals surface area contributed by atoms with E-state index in [1.54, 1.807) is 13.2 Å². The average molecular weight is 514 g/mol. The summed E-state index contributed by atoms with van der Waals surface area (Å²) in [6.45, 7) is 2.35. The van der Waals surface area contributed by atoms with E-state index >= 15 is 0 Å². The zero-order chi connectivity index (χ0) is 21.1. The molecule has 0 aliphatic heterocycles. The number of benzene rings is 4. The smallest absolute Gasteiger partial charge is 0.138 e. The highest BCUT2D eigenvalue weighted by Crippen LogP contribution is 2.54. The molecule has 0 aliphatic carbocycles. The van der Waals surface area contributed by atoms with Gasteiger partial charge in [0.25, 0.3) is 0 Å². The molecule has 0 radical (unpaired) electrons. The fourth-order valence-electron chi connectivity index (χ4n) is 3.87. The van der Waals surface area contributed by atoms with Crippen molar-refractivity contribution in [3.8, 4) is 22.6 Å². The lowest BCUT2D eigenvalue weighted by atomic mass is 10.0. The van der Waals surface area contributed by atoms with Crippen LogP contribution in [0.15, 0.2) is 102 Å². The number of hydrogen-bond donors (Lipinski definition) is 1. The molecule has 0 spiro atoms. The molecule has 5 heteroatoms. The molecule has 4 aromatic rings. The third kappa shape index (κ3) is 4.36. The highest BCUT2D eigenvalue weighted by molar-refractivity contribution is 9.10. The summed E-state index contributed by atoms with van der Waals surface area (Å²) < 4.78 is 6.09. The van der Waals surface area contributed by atoms with Gasteiger partial charge in [0, 0.05) is 11.1 Å². The Balaban J connectivity index is 0.00000272. The van der Waals surface area contributed by atoms with Crippen LogP contribution in [0.5, 0.6) is 11.5 Å². The summed E-state index contributed by atoms with van der Waals surface area (Å²) in [5.74, 6) is 0.917. The van der Waals surface area contributed by atoms with Crippen LogP contribution in [0, 0.1) is 0 Å². The largest absolute Gasteiger partial charge is 1.00 e. The SMILES string of the molecule is COc1cc(Br)c(O)c(-c2ccccc2[P+](C)(c2ccccc2)c2ccccc2)c1.[Cl-]. The zero-order valence-electron chi connectivity index (χ0n) is 17.3. The van der Waals surface area contributed by atoms with E-state index in [-0.39, 0.29) is 18.2 Å². The molecule has 2 nitrogen and oxygen atoms in total. The minimum atomic E-state index is -1.96. The predicted octanol–water partition coefficient (Wildman–Crippen LogP) is 2.76. The second kappa shape index (κ2) is 9.87. The first-order valence-corrected chi connectivity index (χ1v) is 12.7. The highest BCUT2D eigenvalue weighted by atomic mass is 79.9. The van der Waals surface area contributed by atoms with Gasteiger partial charge in [-0.2, -0.15) is 0 Å². The molecule has 0 heterocycles. The van der Waals surface area contributed by atoms with Crippen molar-refractivity contribution in [3.05, 3.63) is 102 Å². The summed E-state index contributed by atoms with van der Waals surface area (Å²) >= 11 is 3.48. The normalized spacial score (nSPS) is 10.9. The molecule has 1 N–H and O–H groups in total. The van der Waals surface area contributed by atoms with Crippen LogP contribution in [0.4, 0.5) is 0 Å². The topological polar surface area (TPSA) is 29.5 Å².